The molecule has 0 saturated carbocycles. The minimum absolute atomic E-state index is 0.0530. The lowest BCUT2D eigenvalue weighted by molar-refractivity contribution is -0.122. The molecule has 8 heteroatoms. The third kappa shape index (κ3) is 4.05. The summed E-state index contributed by atoms with van der Waals surface area (Å²) in [5.74, 6) is -0.454. The van der Waals surface area contributed by atoms with Crippen LogP contribution in [0, 0.1) is 5.92 Å². The van der Waals surface area contributed by atoms with E-state index in [9.17, 15) is 9.59 Å². The smallest absolute Gasteiger partial charge is 0.253 e. The number of H-pyrrole nitrogens is 1. The predicted molar refractivity (Wildman–Crippen MR) is 134 cm³/mol. The van der Waals surface area contributed by atoms with E-state index >= 15 is 0 Å². The van der Waals surface area contributed by atoms with E-state index in [2.05, 4.69) is 44.7 Å². The van der Waals surface area contributed by atoms with Crippen molar-refractivity contribution in [1.82, 2.24) is 15.1 Å². The van der Waals surface area contributed by atoms with Gasteiger partial charge < -0.3 is 20.9 Å². The molecule has 1 aliphatic rings. The van der Waals surface area contributed by atoms with Gasteiger partial charge in [-0.2, -0.15) is 5.10 Å². The van der Waals surface area contributed by atoms with Crippen LogP contribution in [0.25, 0.3) is 22.0 Å². The van der Waals surface area contributed by atoms with Gasteiger partial charge >= 0.3 is 0 Å². The average molecular weight is 455 g/mol. The Bertz CT molecular complexity index is 1390. The molecule has 4 aromatic rings. The summed E-state index contributed by atoms with van der Waals surface area (Å²) in [6, 6.07) is 19.8. The number of carbonyl (C=O) groups excluding carboxylic acids is 2. The highest BCUT2D eigenvalue weighted by Crippen LogP contribution is 2.36. The highest BCUT2D eigenvalue weighted by Gasteiger charge is 2.31. The molecule has 8 nitrogen and oxygen atoms in total. The highest BCUT2D eigenvalue weighted by molar-refractivity contribution is 5.97. The van der Waals surface area contributed by atoms with Crippen molar-refractivity contribution >= 4 is 39.8 Å². The van der Waals surface area contributed by atoms with Gasteiger partial charge in [-0.15, -0.1) is 0 Å². The van der Waals surface area contributed by atoms with Crippen molar-refractivity contribution in [3.8, 4) is 11.1 Å². The van der Waals surface area contributed by atoms with Crippen molar-refractivity contribution in [3.63, 3.8) is 0 Å². The quantitative estimate of drug-likeness (QED) is 0.413. The molecule has 5 rings (SSSR count). The molecule has 0 atom stereocenters. The van der Waals surface area contributed by atoms with Gasteiger partial charge in [0.2, 0.25) is 5.91 Å². The summed E-state index contributed by atoms with van der Waals surface area (Å²) in [4.78, 5) is 27.7. The topological polar surface area (TPSA) is 107 Å². The summed E-state index contributed by atoms with van der Waals surface area (Å²) in [5.41, 5.74) is 11.8. The fourth-order valence-corrected chi connectivity index (χ4v) is 4.27. The van der Waals surface area contributed by atoms with Crippen molar-refractivity contribution in [2.24, 2.45) is 11.7 Å². The van der Waals surface area contributed by atoms with Gasteiger partial charge in [0.15, 0.2) is 0 Å². The van der Waals surface area contributed by atoms with E-state index in [-0.39, 0.29) is 17.7 Å². The number of carbonyl (C=O) groups is 2. The lowest BCUT2D eigenvalue weighted by Crippen LogP contribution is -2.52. The number of nitrogens with zero attached hydrogens (tertiary/aromatic N) is 3. The molecule has 2 heterocycles. The van der Waals surface area contributed by atoms with Gasteiger partial charge in [0.05, 0.1) is 17.6 Å². The van der Waals surface area contributed by atoms with Gasteiger partial charge in [0.25, 0.3) is 5.91 Å². The first-order chi connectivity index (χ1) is 16.4. The molecule has 1 aromatic heterocycles. The van der Waals surface area contributed by atoms with E-state index in [4.69, 9.17) is 5.73 Å². The van der Waals surface area contributed by atoms with Gasteiger partial charge in [0.1, 0.15) is 0 Å². The maximum Gasteiger partial charge on any atom is 0.253 e. The number of aromatic nitrogens is 2. The average Bonchev–Trinajstić information content (AvgIpc) is 3.26. The molecule has 3 aromatic carbocycles. The molecule has 34 heavy (non-hydrogen) atoms. The Labute approximate surface area is 197 Å². The summed E-state index contributed by atoms with van der Waals surface area (Å²) in [6.07, 6.45) is 1.83. The molecule has 0 spiro atoms. The first-order valence-corrected chi connectivity index (χ1v) is 11.1. The van der Waals surface area contributed by atoms with E-state index in [0.29, 0.717) is 18.7 Å². The molecule has 0 aliphatic carbocycles. The summed E-state index contributed by atoms with van der Waals surface area (Å²) in [6.45, 7) is 1.20. The number of nitrogens with two attached hydrogens (primary N) is 1. The van der Waals surface area contributed by atoms with Crippen molar-refractivity contribution in [1.29, 1.82) is 0 Å². The number of aromatic amines is 1. The van der Waals surface area contributed by atoms with E-state index in [0.717, 1.165) is 39.1 Å². The molecule has 0 bridgehead atoms. The SMILES string of the molecule is CN(C)C(=O)c1cccc(Nc2cc(-c3cccc4[nH]ncc34)cc(N3CC(C(N)=O)C3)c2)c1. The van der Waals surface area contributed by atoms with Crippen molar-refractivity contribution in [3.05, 3.63) is 72.4 Å². The van der Waals surface area contributed by atoms with E-state index in [1.54, 1.807) is 25.1 Å². The minimum atomic E-state index is -0.267. The zero-order valence-electron chi connectivity index (χ0n) is 19.1. The third-order valence-corrected chi connectivity index (χ3v) is 6.17. The number of rotatable bonds is 6. The molecule has 2 amide bonds. The molecule has 4 N–H and O–H groups in total. The monoisotopic (exact) mass is 454 g/mol. The van der Waals surface area contributed by atoms with Gasteiger partial charge in [-0.25, -0.2) is 0 Å². The Balaban J connectivity index is 1.53. The zero-order valence-corrected chi connectivity index (χ0v) is 19.1. The van der Waals surface area contributed by atoms with Gasteiger partial charge in [-0.3, -0.25) is 14.7 Å². The van der Waals surface area contributed by atoms with Crippen molar-refractivity contribution in [2.75, 3.05) is 37.4 Å². The Kier molecular flexibility index (Phi) is 5.41. The van der Waals surface area contributed by atoms with Crippen molar-refractivity contribution < 1.29 is 9.59 Å². The molecule has 1 fully saturated rings. The lowest BCUT2D eigenvalue weighted by atomic mass is 9.96. The summed E-state index contributed by atoms with van der Waals surface area (Å²) in [7, 11) is 3.47. The van der Waals surface area contributed by atoms with Crippen LogP contribution in [0.3, 0.4) is 0 Å². The predicted octanol–water partition coefficient (Wildman–Crippen LogP) is 3.60. The molecular weight excluding hydrogens is 428 g/mol. The lowest BCUT2D eigenvalue weighted by Gasteiger charge is -2.39. The summed E-state index contributed by atoms with van der Waals surface area (Å²) >= 11 is 0. The number of benzene rings is 3. The Morgan fingerprint density at radius 2 is 1.85 bits per heavy atom. The molecule has 0 radical (unpaired) electrons. The second kappa shape index (κ2) is 8.55. The maximum atomic E-state index is 12.4. The van der Waals surface area contributed by atoms with Gasteiger partial charge in [-0.05, 0) is 53.6 Å². The van der Waals surface area contributed by atoms with Crippen LogP contribution in [0.1, 0.15) is 10.4 Å². The molecular formula is C26H26N6O2. The highest BCUT2D eigenvalue weighted by atomic mass is 16.2. The largest absolute Gasteiger partial charge is 0.370 e. The summed E-state index contributed by atoms with van der Waals surface area (Å²) in [5, 5.41) is 11.7. The van der Waals surface area contributed by atoms with Crippen LogP contribution in [-0.2, 0) is 4.79 Å². The fourth-order valence-electron chi connectivity index (χ4n) is 4.27. The molecule has 1 saturated heterocycles. The number of hydrogen-bond acceptors (Lipinski definition) is 5. The molecule has 172 valence electrons. The number of primary amides is 1. The molecule has 0 unspecified atom stereocenters. The number of fused-ring (bicyclic) bond motifs is 1. The second-order valence-electron chi connectivity index (χ2n) is 8.82. The standard InChI is InChI=1S/C26H26N6O2/c1-31(2)26(34)16-5-3-6-19(9-16)29-20-10-17(22-7-4-8-24-23(22)13-28-30-24)11-21(12-20)32-14-18(15-32)25(27)33/h3-13,18,29H,14-15H2,1-2H3,(H2,27,33)(H,28,30). The second-order valence-corrected chi connectivity index (χ2v) is 8.82. The normalized spacial score (nSPS) is 13.5. The van der Waals surface area contributed by atoms with Crippen LogP contribution in [0.15, 0.2) is 66.9 Å². The van der Waals surface area contributed by atoms with Crippen LogP contribution < -0.4 is 16.0 Å². The summed E-state index contributed by atoms with van der Waals surface area (Å²) < 4.78 is 0. The zero-order chi connectivity index (χ0) is 23.8. The Morgan fingerprint density at radius 1 is 1.06 bits per heavy atom. The van der Waals surface area contributed by atoms with Crippen LogP contribution in [0.2, 0.25) is 0 Å². The van der Waals surface area contributed by atoms with Crippen LogP contribution in [0.4, 0.5) is 17.1 Å². The third-order valence-electron chi connectivity index (χ3n) is 6.17. The number of nitrogens with one attached hydrogen (secondary N) is 2. The first-order valence-electron chi connectivity index (χ1n) is 11.1. The van der Waals surface area contributed by atoms with Crippen LogP contribution in [-0.4, -0.2) is 54.1 Å². The van der Waals surface area contributed by atoms with Gasteiger partial charge in [0, 0.05) is 55.2 Å². The van der Waals surface area contributed by atoms with Gasteiger partial charge in [-0.1, -0.05) is 18.2 Å². The van der Waals surface area contributed by atoms with Crippen LogP contribution in [0.5, 0.6) is 0 Å². The molecule has 1 aliphatic heterocycles. The first kappa shape index (κ1) is 21.5. The number of anilines is 3. The maximum absolute atomic E-state index is 12.4. The van der Waals surface area contributed by atoms with E-state index in [1.165, 1.54) is 0 Å². The number of hydrogen-bond donors (Lipinski definition) is 3. The Hall–Kier alpha value is -4.33. The van der Waals surface area contributed by atoms with Crippen molar-refractivity contribution in [2.45, 2.75) is 0 Å². The van der Waals surface area contributed by atoms with E-state index < -0.39 is 0 Å². The van der Waals surface area contributed by atoms with Crippen LogP contribution >= 0.6 is 0 Å². The van der Waals surface area contributed by atoms with E-state index in [1.807, 2.05) is 36.5 Å². The fraction of sp³-hybridized carbons (Fsp3) is 0.192. The minimum Gasteiger partial charge on any atom is -0.370 e. The number of amides is 2. The Morgan fingerprint density at radius 3 is 2.62 bits per heavy atom.